The number of carboxylic acid groups (broad SMARTS) is 1. The fourth-order valence-corrected chi connectivity index (χ4v) is 3.07. The van der Waals surface area contributed by atoms with Gasteiger partial charge in [-0.3, -0.25) is 18.7 Å². The summed E-state index contributed by atoms with van der Waals surface area (Å²) in [5, 5.41) is 22.1. The van der Waals surface area contributed by atoms with Crippen molar-refractivity contribution in [1.29, 1.82) is 0 Å². The van der Waals surface area contributed by atoms with Crippen molar-refractivity contribution in [3.63, 3.8) is 0 Å². The highest BCUT2D eigenvalue weighted by molar-refractivity contribution is 5.76. The third-order valence-corrected chi connectivity index (χ3v) is 4.57. The van der Waals surface area contributed by atoms with Crippen LogP contribution in [0.2, 0.25) is 0 Å². The standard InChI is InChI=1S/C19H23N5O6/c1-11-5-4-6-13(7-11)30-10-12(25)9-24-15-16(21-18(24)20-8-14(26)27)22(2)19(29)23(3)17(15)28/h4-7,12,25H,8-10H2,1-3H3,(H,20,21)(H,26,27)/t12-/m1/s1. The number of carbonyl (C=O) groups is 1. The molecule has 3 aromatic rings. The van der Waals surface area contributed by atoms with Crippen molar-refractivity contribution in [3.05, 3.63) is 50.7 Å². The van der Waals surface area contributed by atoms with Gasteiger partial charge >= 0.3 is 11.7 Å². The number of nitrogens with one attached hydrogen (secondary N) is 1. The maximum Gasteiger partial charge on any atom is 0.332 e. The Kier molecular flexibility index (Phi) is 5.92. The molecule has 3 rings (SSSR count). The normalized spacial score (nSPS) is 12.1. The Bertz CT molecular complexity index is 1210. The van der Waals surface area contributed by atoms with Gasteiger partial charge in [-0.05, 0) is 24.6 Å². The lowest BCUT2D eigenvalue weighted by Crippen LogP contribution is -2.38. The highest BCUT2D eigenvalue weighted by Gasteiger charge is 2.21. The number of aromatic nitrogens is 4. The number of ether oxygens (including phenoxy) is 1. The Hall–Kier alpha value is -3.60. The fourth-order valence-electron chi connectivity index (χ4n) is 3.07. The van der Waals surface area contributed by atoms with Gasteiger partial charge in [0.2, 0.25) is 5.95 Å². The summed E-state index contributed by atoms with van der Waals surface area (Å²) >= 11 is 0. The molecule has 0 unspecified atom stereocenters. The first-order valence-corrected chi connectivity index (χ1v) is 9.18. The van der Waals surface area contributed by atoms with Crippen LogP contribution in [0.3, 0.4) is 0 Å². The van der Waals surface area contributed by atoms with Crippen LogP contribution in [0, 0.1) is 6.92 Å². The zero-order valence-electron chi connectivity index (χ0n) is 16.8. The van der Waals surface area contributed by atoms with Crippen molar-refractivity contribution in [2.45, 2.75) is 19.6 Å². The highest BCUT2D eigenvalue weighted by atomic mass is 16.5. The predicted molar refractivity (Wildman–Crippen MR) is 109 cm³/mol. The van der Waals surface area contributed by atoms with Gasteiger partial charge in [0.15, 0.2) is 11.2 Å². The molecule has 0 radical (unpaired) electrons. The molecule has 0 saturated carbocycles. The third-order valence-electron chi connectivity index (χ3n) is 4.57. The molecule has 0 aliphatic carbocycles. The SMILES string of the molecule is Cc1cccc(OC[C@H](O)Cn2c(NCC(=O)O)nc3c2c(=O)n(C)c(=O)n3C)c1. The van der Waals surface area contributed by atoms with Gasteiger partial charge in [0, 0.05) is 14.1 Å². The second-order valence-corrected chi connectivity index (χ2v) is 6.95. The first-order valence-electron chi connectivity index (χ1n) is 9.18. The van der Waals surface area contributed by atoms with Crippen LogP contribution in [-0.2, 0) is 25.4 Å². The first kappa shape index (κ1) is 21.1. The van der Waals surface area contributed by atoms with E-state index in [1.807, 2.05) is 25.1 Å². The van der Waals surface area contributed by atoms with E-state index in [-0.39, 0.29) is 30.3 Å². The third kappa shape index (κ3) is 4.20. The van der Waals surface area contributed by atoms with Crippen LogP contribution >= 0.6 is 0 Å². The molecule has 0 saturated heterocycles. The molecule has 2 heterocycles. The number of aliphatic carboxylic acids is 1. The number of fused-ring (bicyclic) bond motifs is 1. The summed E-state index contributed by atoms with van der Waals surface area (Å²) in [6.45, 7) is 1.31. The van der Waals surface area contributed by atoms with Crippen LogP contribution in [-0.4, -0.2) is 54.1 Å². The molecular weight excluding hydrogens is 394 g/mol. The van der Waals surface area contributed by atoms with Crippen LogP contribution < -0.4 is 21.3 Å². The van der Waals surface area contributed by atoms with Crippen molar-refractivity contribution >= 4 is 23.1 Å². The fraction of sp³-hybridized carbons (Fsp3) is 0.368. The van der Waals surface area contributed by atoms with Crippen molar-refractivity contribution in [2.75, 3.05) is 18.5 Å². The van der Waals surface area contributed by atoms with Crippen molar-refractivity contribution in [2.24, 2.45) is 14.1 Å². The van der Waals surface area contributed by atoms with E-state index in [4.69, 9.17) is 9.84 Å². The number of aliphatic hydroxyl groups is 1. The van der Waals surface area contributed by atoms with E-state index in [2.05, 4.69) is 10.3 Å². The largest absolute Gasteiger partial charge is 0.491 e. The van der Waals surface area contributed by atoms with E-state index in [0.717, 1.165) is 10.1 Å². The summed E-state index contributed by atoms with van der Waals surface area (Å²) in [5.41, 5.74) is -0.00177. The predicted octanol–water partition coefficient (Wildman–Crippen LogP) is -0.321. The number of aliphatic hydroxyl groups excluding tert-OH is 1. The highest BCUT2D eigenvalue weighted by Crippen LogP contribution is 2.17. The number of rotatable bonds is 8. The molecule has 11 heteroatoms. The van der Waals surface area contributed by atoms with Gasteiger partial charge in [-0.15, -0.1) is 0 Å². The number of nitrogens with zero attached hydrogens (tertiary/aromatic N) is 4. The molecule has 30 heavy (non-hydrogen) atoms. The number of hydrogen-bond donors (Lipinski definition) is 3. The second-order valence-electron chi connectivity index (χ2n) is 6.95. The summed E-state index contributed by atoms with van der Waals surface area (Å²) in [7, 11) is 2.79. The molecule has 0 aliphatic rings. The van der Waals surface area contributed by atoms with Crippen molar-refractivity contribution < 1.29 is 19.7 Å². The Balaban J connectivity index is 1.95. The van der Waals surface area contributed by atoms with E-state index in [1.54, 1.807) is 6.07 Å². The minimum Gasteiger partial charge on any atom is -0.491 e. The molecule has 0 spiro atoms. The van der Waals surface area contributed by atoms with Gasteiger partial charge in [-0.25, -0.2) is 4.79 Å². The molecule has 2 aromatic heterocycles. The van der Waals surface area contributed by atoms with Gasteiger partial charge in [-0.2, -0.15) is 4.98 Å². The Morgan fingerprint density at radius 3 is 2.67 bits per heavy atom. The van der Waals surface area contributed by atoms with Gasteiger partial charge in [-0.1, -0.05) is 12.1 Å². The Morgan fingerprint density at radius 1 is 1.27 bits per heavy atom. The van der Waals surface area contributed by atoms with Crippen LogP contribution in [0.4, 0.5) is 5.95 Å². The molecule has 0 aliphatic heterocycles. The van der Waals surface area contributed by atoms with Gasteiger partial charge in [0.1, 0.15) is 25.0 Å². The minimum atomic E-state index is -1.13. The number of benzene rings is 1. The minimum absolute atomic E-state index is 0.0558. The molecule has 0 fully saturated rings. The maximum atomic E-state index is 12.7. The van der Waals surface area contributed by atoms with E-state index < -0.39 is 29.9 Å². The topological polar surface area (TPSA) is 141 Å². The molecule has 11 nitrogen and oxygen atoms in total. The summed E-state index contributed by atoms with van der Waals surface area (Å²) in [5.74, 6) is -0.480. The Morgan fingerprint density at radius 2 is 2.00 bits per heavy atom. The first-order chi connectivity index (χ1) is 14.2. The zero-order chi connectivity index (χ0) is 22.0. The molecule has 0 amide bonds. The number of imidazole rings is 1. The average Bonchev–Trinajstić information content (AvgIpc) is 3.06. The number of hydrogen-bond acceptors (Lipinski definition) is 7. The van der Waals surface area contributed by atoms with E-state index in [1.165, 1.54) is 23.2 Å². The second kappa shape index (κ2) is 8.41. The number of carboxylic acids is 1. The maximum absolute atomic E-state index is 12.7. The van der Waals surface area contributed by atoms with Gasteiger partial charge in [0.25, 0.3) is 5.56 Å². The van der Waals surface area contributed by atoms with Crippen LogP contribution in [0.5, 0.6) is 5.75 Å². The van der Waals surface area contributed by atoms with E-state index in [0.29, 0.717) is 5.75 Å². The molecule has 0 bridgehead atoms. The smallest absolute Gasteiger partial charge is 0.332 e. The van der Waals surface area contributed by atoms with Gasteiger partial charge < -0.3 is 24.8 Å². The van der Waals surface area contributed by atoms with Gasteiger partial charge in [0.05, 0.1) is 6.54 Å². The molecular formula is C19H23N5O6. The lowest BCUT2D eigenvalue weighted by molar-refractivity contribution is -0.134. The molecule has 1 atom stereocenters. The lowest BCUT2D eigenvalue weighted by atomic mass is 10.2. The summed E-state index contributed by atoms with van der Waals surface area (Å²) < 4.78 is 9.09. The molecule has 160 valence electrons. The lowest BCUT2D eigenvalue weighted by Gasteiger charge is -2.16. The van der Waals surface area contributed by atoms with Crippen LogP contribution in [0.1, 0.15) is 5.56 Å². The van der Waals surface area contributed by atoms with Crippen LogP contribution in [0.25, 0.3) is 11.2 Å². The number of anilines is 1. The van der Waals surface area contributed by atoms with E-state index in [9.17, 15) is 19.5 Å². The summed E-state index contributed by atoms with van der Waals surface area (Å²) in [4.78, 5) is 40.1. The zero-order valence-corrected chi connectivity index (χ0v) is 16.8. The average molecular weight is 417 g/mol. The van der Waals surface area contributed by atoms with E-state index >= 15 is 0 Å². The van der Waals surface area contributed by atoms with Crippen LogP contribution in [0.15, 0.2) is 33.9 Å². The Labute approximate surface area is 170 Å². The summed E-state index contributed by atoms with van der Waals surface area (Å²) in [6, 6.07) is 7.34. The van der Waals surface area contributed by atoms with Crippen molar-refractivity contribution in [3.8, 4) is 5.75 Å². The molecule has 1 aromatic carbocycles. The summed E-state index contributed by atoms with van der Waals surface area (Å²) in [6.07, 6.45) is -1.03. The number of aryl methyl sites for hydroxylation is 2. The molecule has 3 N–H and O–H groups in total. The monoisotopic (exact) mass is 417 g/mol. The van der Waals surface area contributed by atoms with Crippen molar-refractivity contribution in [1.82, 2.24) is 18.7 Å². The quantitative estimate of drug-likeness (QED) is 0.453.